The standard InChI is InChI=1S/C13H26N2/c1-2-11-5-4-8-15(10-11)13(9-14)12-6-3-7-12/h11-13H,2-10,14H2,1H3. The van der Waals surface area contributed by atoms with E-state index in [9.17, 15) is 0 Å². The highest BCUT2D eigenvalue weighted by atomic mass is 15.2. The van der Waals surface area contributed by atoms with Crippen molar-refractivity contribution in [2.45, 2.75) is 51.5 Å². The predicted molar refractivity (Wildman–Crippen MR) is 64.8 cm³/mol. The van der Waals surface area contributed by atoms with Crippen molar-refractivity contribution in [3.05, 3.63) is 0 Å². The number of likely N-dealkylation sites (tertiary alicyclic amines) is 1. The van der Waals surface area contributed by atoms with Gasteiger partial charge in [0.2, 0.25) is 0 Å². The highest BCUT2D eigenvalue weighted by Crippen LogP contribution is 2.33. The largest absolute Gasteiger partial charge is 0.329 e. The van der Waals surface area contributed by atoms with Gasteiger partial charge in [-0.15, -0.1) is 0 Å². The van der Waals surface area contributed by atoms with Crippen LogP contribution in [0.1, 0.15) is 45.4 Å². The molecular weight excluding hydrogens is 184 g/mol. The van der Waals surface area contributed by atoms with Crippen LogP contribution in [0.3, 0.4) is 0 Å². The molecule has 1 aliphatic heterocycles. The summed E-state index contributed by atoms with van der Waals surface area (Å²) in [7, 11) is 0. The number of hydrogen-bond donors (Lipinski definition) is 1. The summed E-state index contributed by atoms with van der Waals surface area (Å²) in [6, 6.07) is 0.702. The summed E-state index contributed by atoms with van der Waals surface area (Å²) in [5.41, 5.74) is 5.96. The maximum absolute atomic E-state index is 5.96. The summed E-state index contributed by atoms with van der Waals surface area (Å²) in [6.45, 7) is 5.82. The third-order valence-electron chi connectivity index (χ3n) is 4.53. The molecule has 1 saturated carbocycles. The summed E-state index contributed by atoms with van der Waals surface area (Å²) in [6.07, 6.45) is 8.46. The highest BCUT2D eigenvalue weighted by molar-refractivity contribution is 4.88. The second-order valence-corrected chi connectivity index (χ2v) is 5.41. The van der Waals surface area contributed by atoms with Crippen LogP contribution in [0.4, 0.5) is 0 Å². The molecule has 2 N–H and O–H groups in total. The van der Waals surface area contributed by atoms with E-state index in [1.807, 2.05) is 0 Å². The molecule has 0 bridgehead atoms. The smallest absolute Gasteiger partial charge is 0.0246 e. The van der Waals surface area contributed by atoms with Gasteiger partial charge in [0.1, 0.15) is 0 Å². The van der Waals surface area contributed by atoms with Gasteiger partial charge in [0, 0.05) is 19.1 Å². The second kappa shape index (κ2) is 5.31. The molecule has 88 valence electrons. The van der Waals surface area contributed by atoms with Crippen LogP contribution >= 0.6 is 0 Å². The molecular formula is C13H26N2. The highest BCUT2D eigenvalue weighted by Gasteiger charge is 2.32. The summed E-state index contributed by atoms with van der Waals surface area (Å²) in [5, 5.41) is 0. The van der Waals surface area contributed by atoms with Gasteiger partial charge in [0.15, 0.2) is 0 Å². The van der Waals surface area contributed by atoms with E-state index in [0.717, 1.165) is 18.4 Å². The van der Waals surface area contributed by atoms with Crippen molar-refractivity contribution >= 4 is 0 Å². The Balaban J connectivity index is 1.88. The first-order chi connectivity index (χ1) is 7.35. The number of nitrogens with zero attached hydrogens (tertiary/aromatic N) is 1. The lowest BCUT2D eigenvalue weighted by Gasteiger charge is -2.44. The lowest BCUT2D eigenvalue weighted by molar-refractivity contribution is 0.0607. The minimum absolute atomic E-state index is 0.702. The minimum atomic E-state index is 0.702. The van der Waals surface area contributed by atoms with Gasteiger partial charge in [-0.3, -0.25) is 4.90 Å². The average molecular weight is 210 g/mol. The molecule has 0 aromatic carbocycles. The quantitative estimate of drug-likeness (QED) is 0.771. The maximum atomic E-state index is 5.96. The summed E-state index contributed by atoms with van der Waals surface area (Å²) >= 11 is 0. The zero-order chi connectivity index (χ0) is 10.7. The molecule has 0 amide bonds. The molecule has 2 unspecified atom stereocenters. The third-order valence-corrected chi connectivity index (χ3v) is 4.53. The molecule has 2 nitrogen and oxygen atoms in total. The van der Waals surface area contributed by atoms with E-state index in [2.05, 4.69) is 11.8 Å². The Morgan fingerprint density at radius 1 is 1.27 bits per heavy atom. The average Bonchev–Trinajstić information content (AvgIpc) is 2.23. The van der Waals surface area contributed by atoms with Crippen LogP contribution in [0, 0.1) is 11.8 Å². The Hall–Kier alpha value is -0.0800. The fourth-order valence-corrected chi connectivity index (χ4v) is 3.20. The summed E-state index contributed by atoms with van der Waals surface area (Å²) < 4.78 is 0. The monoisotopic (exact) mass is 210 g/mol. The number of hydrogen-bond acceptors (Lipinski definition) is 2. The van der Waals surface area contributed by atoms with Gasteiger partial charge in [-0.05, 0) is 44.1 Å². The summed E-state index contributed by atoms with van der Waals surface area (Å²) in [4.78, 5) is 2.70. The van der Waals surface area contributed by atoms with E-state index in [4.69, 9.17) is 5.73 Å². The Labute approximate surface area is 94.2 Å². The van der Waals surface area contributed by atoms with Crippen molar-refractivity contribution < 1.29 is 0 Å². The van der Waals surface area contributed by atoms with Crippen molar-refractivity contribution in [3.63, 3.8) is 0 Å². The molecule has 2 atom stereocenters. The third kappa shape index (κ3) is 2.54. The van der Waals surface area contributed by atoms with Gasteiger partial charge in [-0.25, -0.2) is 0 Å². The molecule has 0 aromatic rings. The zero-order valence-electron chi connectivity index (χ0n) is 10.1. The van der Waals surface area contributed by atoms with Crippen molar-refractivity contribution in [1.82, 2.24) is 4.90 Å². The summed E-state index contributed by atoms with van der Waals surface area (Å²) in [5.74, 6) is 1.86. The van der Waals surface area contributed by atoms with Gasteiger partial charge in [-0.1, -0.05) is 19.8 Å². The van der Waals surface area contributed by atoms with E-state index in [-0.39, 0.29) is 0 Å². The van der Waals surface area contributed by atoms with Crippen LogP contribution in [0.25, 0.3) is 0 Å². The minimum Gasteiger partial charge on any atom is -0.329 e. The molecule has 1 saturated heterocycles. The maximum Gasteiger partial charge on any atom is 0.0246 e. The molecule has 2 heteroatoms. The molecule has 2 rings (SSSR count). The van der Waals surface area contributed by atoms with Crippen molar-refractivity contribution in [2.75, 3.05) is 19.6 Å². The molecule has 0 spiro atoms. The Morgan fingerprint density at radius 3 is 2.60 bits per heavy atom. The van der Waals surface area contributed by atoms with Crippen LogP contribution in [0.2, 0.25) is 0 Å². The number of nitrogens with two attached hydrogens (primary N) is 1. The van der Waals surface area contributed by atoms with Gasteiger partial charge in [0.25, 0.3) is 0 Å². The van der Waals surface area contributed by atoms with Crippen LogP contribution in [0.15, 0.2) is 0 Å². The molecule has 2 fully saturated rings. The van der Waals surface area contributed by atoms with Gasteiger partial charge < -0.3 is 5.73 Å². The second-order valence-electron chi connectivity index (χ2n) is 5.41. The van der Waals surface area contributed by atoms with Gasteiger partial charge in [-0.2, -0.15) is 0 Å². The lowest BCUT2D eigenvalue weighted by atomic mass is 9.78. The normalized spacial score (nSPS) is 31.2. The first-order valence-corrected chi connectivity index (χ1v) is 6.79. The molecule has 2 aliphatic rings. The van der Waals surface area contributed by atoms with Crippen LogP contribution in [0.5, 0.6) is 0 Å². The van der Waals surface area contributed by atoms with Crippen molar-refractivity contribution in [3.8, 4) is 0 Å². The Morgan fingerprint density at radius 2 is 2.07 bits per heavy atom. The fourth-order valence-electron chi connectivity index (χ4n) is 3.20. The van der Waals surface area contributed by atoms with E-state index in [1.165, 1.54) is 51.6 Å². The first kappa shape index (κ1) is 11.4. The van der Waals surface area contributed by atoms with Gasteiger partial charge >= 0.3 is 0 Å². The molecule has 0 radical (unpaired) electrons. The Kier molecular flexibility index (Phi) is 4.04. The Bertz CT molecular complexity index is 189. The predicted octanol–water partition coefficient (Wildman–Crippen LogP) is 2.24. The van der Waals surface area contributed by atoms with E-state index in [1.54, 1.807) is 0 Å². The first-order valence-electron chi connectivity index (χ1n) is 6.79. The topological polar surface area (TPSA) is 29.3 Å². The van der Waals surface area contributed by atoms with Gasteiger partial charge in [0.05, 0.1) is 0 Å². The van der Waals surface area contributed by atoms with Crippen LogP contribution in [-0.4, -0.2) is 30.6 Å². The lowest BCUT2D eigenvalue weighted by Crippen LogP contribution is -2.51. The van der Waals surface area contributed by atoms with Crippen LogP contribution in [-0.2, 0) is 0 Å². The number of rotatable bonds is 4. The van der Waals surface area contributed by atoms with Crippen molar-refractivity contribution in [1.29, 1.82) is 0 Å². The molecule has 1 aliphatic carbocycles. The van der Waals surface area contributed by atoms with E-state index < -0.39 is 0 Å². The molecule has 15 heavy (non-hydrogen) atoms. The van der Waals surface area contributed by atoms with Crippen LogP contribution < -0.4 is 5.73 Å². The SMILES string of the molecule is CCC1CCCN(C(CN)C2CCC2)C1. The molecule has 0 aromatic heterocycles. The van der Waals surface area contributed by atoms with E-state index in [0.29, 0.717) is 6.04 Å². The van der Waals surface area contributed by atoms with Crippen molar-refractivity contribution in [2.24, 2.45) is 17.6 Å². The van der Waals surface area contributed by atoms with E-state index >= 15 is 0 Å². The zero-order valence-corrected chi connectivity index (χ0v) is 10.1. The molecule has 1 heterocycles. The number of piperidine rings is 1. The fraction of sp³-hybridized carbons (Fsp3) is 1.00.